The molecule has 0 aliphatic heterocycles. The average Bonchev–Trinajstić information content (AvgIpc) is 2.83. The zero-order valence-electron chi connectivity index (χ0n) is 12.0. The highest BCUT2D eigenvalue weighted by Gasteiger charge is 2.39. The van der Waals surface area contributed by atoms with Crippen LogP contribution < -0.4 is 5.73 Å². The molecule has 1 aliphatic rings. The smallest absolute Gasteiger partial charge is 0.117 e. The van der Waals surface area contributed by atoms with Crippen molar-refractivity contribution in [1.82, 2.24) is 9.55 Å². The lowest BCUT2D eigenvalue weighted by molar-refractivity contribution is 0.237. The summed E-state index contributed by atoms with van der Waals surface area (Å²) in [6.07, 6.45) is 4.53. The maximum absolute atomic E-state index is 9.39. The van der Waals surface area contributed by atoms with Crippen LogP contribution in [0.3, 0.4) is 0 Å². The van der Waals surface area contributed by atoms with Crippen LogP contribution >= 0.6 is 0 Å². The number of nitrogens with zero attached hydrogens (tertiary/aromatic N) is 2. The molecule has 0 amide bonds. The molecule has 0 radical (unpaired) electrons. The van der Waals surface area contributed by atoms with Gasteiger partial charge in [0.15, 0.2) is 0 Å². The summed E-state index contributed by atoms with van der Waals surface area (Å²) in [5.74, 6) is 1.04. The minimum atomic E-state index is -0.0908. The molecule has 2 unspecified atom stereocenters. The van der Waals surface area contributed by atoms with Gasteiger partial charge in [-0.1, -0.05) is 31.9 Å². The highest BCUT2D eigenvalue weighted by molar-refractivity contribution is 5.76. The van der Waals surface area contributed by atoms with Gasteiger partial charge in [0, 0.05) is 18.0 Å². The van der Waals surface area contributed by atoms with Crippen molar-refractivity contribution in [3.63, 3.8) is 0 Å². The van der Waals surface area contributed by atoms with E-state index >= 15 is 0 Å². The Hall–Kier alpha value is -1.39. The van der Waals surface area contributed by atoms with Gasteiger partial charge in [-0.05, 0) is 25.0 Å². The standard InChI is InChI=1S/C16H23N3O/c1-16(9-5-4-8-14(16)17)15-18-12-6-2-3-7-13(12)19(15)10-11-20/h2-3,6-7,14,20H,4-5,8-11,17H2,1H3. The van der Waals surface area contributed by atoms with Crippen molar-refractivity contribution >= 4 is 11.0 Å². The number of imidazole rings is 1. The highest BCUT2D eigenvalue weighted by Crippen LogP contribution is 2.39. The number of benzene rings is 1. The molecule has 3 rings (SSSR count). The zero-order valence-corrected chi connectivity index (χ0v) is 12.0. The molecule has 3 N–H and O–H groups in total. The molecule has 2 aromatic rings. The lowest BCUT2D eigenvalue weighted by Crippen LogP contribution is -2.47. The molecule has 0 spiro atoms. The topological polar surface area (TPSA) is 64.1 Å². The largest absolute Gasteiger partial charge is 0.395 e. The first-order chi connectivity index (χ1) is 9.66. The summed E-state index contributed by atoms with van der Waals surface area (Å²) in [4.78, 5) is 4.85. The maximum Gasteiger partial charge on any atom is 0.117 e. The molecule has 1 aromatic heterocycles. The quantitative estimate of drug-likeness (QED) is 0.901. The van der Waals surface area contributed by atoms with Crippen molar-refractivity contribution in [2.45, 2.75) is 50.6 Å². The monoisotopic (exact) mass is 273 g/mol. The lowest BCUT2D eigenvalue weighted by Gasteiger charge is -2.39. The van der Waals surface area contributed by atoms with Crippen molar-refractivity contribution in [2.24, 2.45) is 5.73 Å². The first kappa shape index (κ1) is 13.6. The van der Waals surface area contributed by atoms with Gasteiger partial charge in [0.05, 0.1) is 17.6 Å². The Morgan fingerprint density at radius 2 is 2.20 bits per heavy atom. The lowest BCUT2D eigenvalue weighted by atomic mass is 9.71. The van der Waals surface area contributed by atoms with Crippen LogP contribution in [-0.4, -0.2) is 27.3 Å². The fourth-order valence-corrected chi connectivity index (χ4v) is 3.48. The fourth-order valence-electron chi connectivity index (χ4n) is 3.48. The number of nitrogens with two attached hydrogens (primary N) is 1. The Balaban J connectivity index is 2.16. The van der Waals surface area contributed by atoms with E-state index in [1.165, 1.54) is 12.8 Å². The number of fused-ring (bicyclic) bond motifs is 1. The predicted octanol–water partition coefficient (Wildman–Crippen LogP) is 2.19. The Kier molecular flexibility index (Phi) is 3.52. The third-order valence-corrected chi connectivity index (χ3v) is 4.77. The fraction of sp³-hybridized carbons (Fsp3) is 0.562. The number of rotatable bonds is 3. The third-order valence-electron chi connectivity index (χ3n) is 4.77. The number of hydrogen-bond acceptors (Lipinski definition) is 3. The van der Waals surface area contributed by atoms with Gasteiger partial charge in [0.1, 0.15) is 5.82 Å². The van der Waals surface area contributed by atoms with Gasteiger partial charge < -0.3 is 15.4 Å². The Labute approximate surface area is 119 Å². The van der Waals surface area contributed by atoms with Gasteiger partial charge in [-0.25, -0.2) is 4.98 Å². The highest BCUT2D eigenvalue weighted by atomic mass is 16.3. The van der Waals surface area contributed by atoms with Crippen molar-refractivity contribution in [2.75, 3.05) is 6.61 Å². The third kappa shape index (κ3) is 2.03. The van der Waals surface area contributed by atoms with Crippen LogP contribution in [0.15, 0.2) is 24.3 Å². The molecule has 1 aliphatic carbocycles. The van der Waals surface area contributed by atoms with E-state index in [0.717, 1.165) is 29.7 Å². The molecule has 108 valence electrons. The van der Waals surface area contributed by atoms with Crippen LogP contribution in [-0.2, 0) is 12.0 Å². The van der Waals surface area contributed by atoms with Crippen molar-refractivity contribution < 1.29 is 5.11 Å². The Morgan fingerprint density at radius 3 is 2.95 bits per heavy atom. The molecule has 0 saturated heterocycles. The van der Waals surface area contributed by atoms with E-state index in [-0.39, 0.29) is 18.1 Å². The van der Waals surface area contributed by atoms with Gasteiger partial charge in [-0.15, -0.1) is 0 Å². The zero-order chi connectivity index (χ0) is 14.2. The summed E-state index contributed by atoms with van der Waals surface area (Å²) < 4.78 is 2.15. The molecular formula is C16H23N3O. The van der Waals surface area contributed by atoms with Gasteiger partial charge in [0.25, 0.3) is 0 Å². The second-order valence-electron chi connectivity index (χ2n) is 6.07. The summed E-state index contributed by atoms with van der Waals surface area (Å²) in [6, 6.07) is 8.27. The molecule has 0 bridgehead atoms. The van der Waals surface area contributed by atoms with Crippen LogP contribution in [0.25, 0.3) is 11.0 Å². The van der Waals surface area contributed by atoms with Crippen LogP contribution in [0.5, 0.6) is 0 Å². The first-order valence-electron chi connectivity index (χ1n) is 7.49. The average molecular weight is 273 g/mol. The van der Waals surface area contributed by atoms with E-state index in [2.05, 4.69) is 17.6 Å². The predicted molar refractivity (Wildman–Crippen MR) is 80.6 cm³/mol. The first-order valence-corrected chi connectivity index (χ1v) is 7.49. The van der Waals surface area contributed by atoms with Crippen molar-refractivity contribution in [3.05, 3.63) is 30.1 Å². The second kappa shape index (κ2) is 5.19. The number of aliphatic hydroxyl groups excluding tert-OH is 1. The summed E-state index contributed by atoms with van der Waals surface area (Å²) >= 11 is 0. The molecule has 2 atom stereocenters. The van der Waals surface area contributed by atoms with Crippen LogP contribution in [0.2, 0.25) is 0 Å². The van der Waals surface area contributed by atoms with Gasteiger partial charge in [-0.3, -0.25) is 0 Å². The molecule has 1 saturated carbocycles. The SMILES string of the molecule is CC1(c2nc3ccccc3n2CCO)CCCCC1N. The number of aliphatic hydroxyl groups is 1. The van der Waals surface area contributed by atoms with E-state index in [1.807, 2.05) is 18.2 Å². The minimum absolute atomic E-state index is 0.0908. The summed E-state index contributed by atoms with van der Waals surface area (Å²) in [5.41, 5.74) is 8.41. The number of aromatic nitrogens is 2. The van der Waals surface area contributed by atoms with Crippen LogP contribution in [0.1, 0.15) is 38.4 Å². The molecule has 1 heterocycles. The van der Waals surface area contributed by atoms with Gasteiger partial charge in [0.2, 0.25) is 0 Å². The molecule has 20 heavy (non-hydrogen) atoms. The molecule has 4 heteroatoms. The van der Waals surface area contributed by atoms with Gasteiger partial charge in [-0.2, -0.15) is 0 Å². The van der Waals surface area contributed by atoms with E-state index < -0.39 is 0 Å². The van der Waals surface area contributed by atoms with Gasteiger partial charge >= 0.3 is 0 Å². The van der Waals surface area contributed by atoms with Crippen LogP contribution in [0, 0.1) is 0 Å². The second-order valence-corrected chi connectivity index (χ2v) is 6.07. The van der Waals surface area contributed by atoms with E-state index in [1.54, 1.807) is 0 Å². The summed E-state index contributed by atoms with van der Waals surface area (Å²) in [7, 11) is 0. The number of para-hydroxylation sites is 2. The maximum atomic E-state index is 9.39. The van der Waals surface area contributed by atoms with E-state index in [0.29, 0.717) is 6.54 Å². The Morgan fingerprint density at radius 1 is 1.40 bits per heavy atom. The molecule has 4 nitrogen and oxygen atoms in total. The van der Waals surface area contributed by atoms with E-state index in [4.69, 9.17) is 10.7 Å². The normalized spacial score (nSPS) is 27.1. The molecular weight excluding hydrogens is 250 g/mol. The molecule has 1 fully saturated rings. The van der Waals surface area contributed by atoms with Crippen molar-refractivity contribution in [1.29, 1.82) is 0 Å². The Bertz CT molecular complexity index is 607. The van der Waals surface area contributed by atoms with Crippen molar-refractivity contribution in [3.8, 4) is 0 Å². The van der Waals surface area contributed by atoms with Crippen LogP contribution in [0.4, 0.5) is 0 Å². The van der Waals surface area contributed by atoms with E-state index in [9.17, 15) is 5.11 Å². The number of hydrogen-bond donors (Lipinski definition) is 2. The minimum Gasteiger partial charge on any atom is -0.395 e. The summed E-state index contributed by atoms with van der Waals surface area (Å²) in [5, 5.41) is 9.39. The molecule has 1 aromatic carbocycles. The summed E-state index contributed by atoms with van der Waals surface area (Å²) in [6.45, 7) is 2.93.